The Hall–Kier alpha value is 0.310. The van der Waals surface area contributed by atoms with Crippen molar-refractivity contribution in [3.63, 3.8) is 0 Å². The average molecular weight is 241 g/mol. The van der Waals surface area contributed by atoms with E-state index in [0.717, 1.165) is 11.8 Å². The van der Waals surface area contributed by atoms with E-state index in [1.165, 1.54) is 51.4 Å². The highest BCUT2D eigenvalue weighted by Crippen LogP contribution is 2.61. The smallest absolute Gasteiger partial charge is 0.0295 e. The van der Waals surface area contributed by atoms with Crippen LogP contribution in [0.3, 0.4) is 0 Å². The first kappa shape index (κ1) is 12.8. The summed E-state index contributed by atoms with van der Waals surface area (Å²) in [6, 6.07) is 0. The Labute approximate surface area is 105 Å². The van der Waals surface area contributed by atoms with Gasteiger partial charge in [0.2, 0.25) is 0 Å². The Kier molecular flexibility index (Phi) is 3.90. The molecule has 2 aliphatic carbocycles. The molecule has 0 bridgehead atoms. The molecule has 2 saturated carbocycles. The zero-order chi connectivity index (χ0) is 11.6. The lowest BCUT2D eigenvalue weighted by molar-refractivity contribution is 0.0657. The van der Waals surface area contributed by atoms with Gasteiger partial charge in [0, 0.05) is 11.3 Å². The Bertz CT molecular complexity index is 219. The molecule has 94 valence electrons. The summed E-state index contributed by atoms with van der Waals surface area (Å²) in [4.78, 5) is 0. The molecule has 0 saturated heterocycles. The Morgan fingerprint density at radius 3 is 2.06 bits per heavy atom. The summed E-state index contributed by atoms with van der Waals surface area (Å²) in [5.74, 6) is 0. The second-order valence-corrected chi connectivity index (χ2v) is 8.37. The number of rotatable bonds is 3. The van der Waals surface area contributed by atoms with Crippen LogP contribution in [0.15, 0.2) is 0 Å². The maximum absolute atomic E-state index is 6.03. The molecule has 2 heteroatoms. The van der Waals surface area contributed by atoms with E-state index in [1.807, 2.05) is 0 Å². The van der Waals surface area contributed by atoms with Gasteiger partial charge in [0.25, 0.3) is 0 Å². The maximum atomic E-state index is 6.03. The predicted octanol–water partition coefficient (Wildman–Crippen LogP) is 3.96. The topological polar surface area (TPSA) is 26.0 Å². The number of thioether (sulfide) groups is 1. The van der Waals surface area contributed by atoms with Crippen molar-refractivity contribution in [3.8, 4) is 0 Å². The van der Waals surface area contributed by atoms with Gasteiger partial charge in [0.15, 0.2) is 0 Å². The van der Waals surface area contributed by atoms with Gasteiger partial charge in [-0.05, 0) is 36.3 Å². The minimum Gasteiger partial charge on any atom is -0.329 e. The van der Waals surface area contributed by atoms with E-state index in [-0.39, 0.29) is 0 Å². The van der Waals surface area contributed by atoms with Crippen LogP contribution < -0.4 is 5.73 Å². The summed E-state index contributed by atoms with van der Waals surface area (Å²) in [5, 5.41) is 0.728. The molecule has 0 amide bonds. The van der Waals surface area contributed by atoms with Gasteiger partial charge in [-0.1, -0.05) is 39.5 Å². The molecule has 0 atom stereocenters. The van der Waals surface area contributed by atoms with E-state index in [4.69, 9.17) is 5.73 Å². The summed E-state index contributed by atoms with van der Waals surface area (Å²) in [6.07, 6.45) is 11.6. The molecule has 0 unspecified atom stereocenters. The lowest BCUT2D eigenvalue weighted by Gasteiger charge is -2.56. The molecule has 0 aromatic rings. The van der Waals surface area contributed by atoms with Gasteiger partial charge in [-0.3, -0.25) is 0 Å². The Morgan fingerprint density at radius 2 is 1.62 bits per heavy atom. The zero-order valence-corrected chi connectivity index (χ0v) is 11.7. The van der Waals surface area contributed by atoms with E-state index in [1.54, 1.807) is 0 Å². The molecule has 16 heavy (non-hydrogen) atoms. The molecule has 2 N–H and O–H groups in total. The highest BCUT2D eigenvalue weighted by Gasteiger charge is 2.53. The monoisotopic (exact) mass is 241 g/mol. The van der Waals surface area contributed by atoms with Gasteiger partial charge in [0.1, 0.15) is 0 Å². The third-order valence-corrected chi connectivity index (χ3v) is 5.84. The lowest BCUT2D eigenvalue weighted by atomic mass is 9.58. The van der Waals surface area contributed by atoms with Crippen molar-refractivity contribution in [3.05, 3.63) is 0 Å². The number of hydrogen-bond acceptors (Lipinski definition) is 2. The van der Waals surface area contributed by atoms with Crippen LogP contribution in [0.25, 0.3) is 0 Å². The second-order valence-electron chi connectivity index (χ2n) is 6.32. The van der Waals surface area contributed by atoms with Crippen LogP contribution in [0.5, 0.6) is 0 Å². The molecule has 0 radical (unpaired) electrons. The first-order valence-electron chi connectivity index (χ1n) is 6.98. The van der Waals surface area contributed by atoms with Crippen LogP contribution in [-0.2, 0) is 0 Å². The van der Waals surface area contributed by atoms with Crippen LogP contribution in [0.2, 0.25) is 0 Å². The Balaban J connectivity index is 1.93. The maximum Gasteiger partial charge on any atom is 0.0295 e. The van der Waals surface area contributed by atoms with Crippen molar-refractivity contribution >= 4 is 11.8 Å². The lowest BCUT2D eigenvalue weighted by Crippen LogP contribution is -2.54. The molecular formula is C14H27NS. The van der Waals surface area contributed by atoms with Crippen molar-refractivity contribution in [1.29, 1.82) is 0 Å². The Morgan fingerprint density at radius 1 is 1.06 bits per heavy atom. The molecule has 2 fully saturated rings. The third-order valence-electron chi connectivity index (χ3n) is 4.42. The van der Waals surface area contributed by atoms with E-state index in [9.17, 15) is 0 Å². The molecule has 2 rings (SSSR count). The van der Waals surface area contributed by atoms with Crippen molar-refractivity contribution in [1.82, 2.24) is 0 Å². The molecule has 0 aliphatic heterocycles. The van der Waals surface area contributed by atoms with Crippen molar-refractivity contribution in [2.24, 2.45) is 11.1 Å². The average Bonchev–Trinajstić information content (AvgIpc) is 2.41. The molecule has 0 heterocycles. The molecule has 2 aliphatic rings. The third kappa shape index (κ3) is 2.59. The quantitative estimate of drug-likeness (QED) is 0.809. The molecular weight excluding hydrogens is 214 g/mol. The molecule has 1 spiro atoms. The van der Waals surface area contributed by atoms with E-state index in [2.05, 4.69) is 25.6 Å². The van der Waals surface area contributed by atoms with Crippen molar-refractivity contribution < 1.29 is 0 Å². The van der Waals surface area contributed by atoms with E-state index >= 15 is 0 Å². The fourth-order valence-corrected chi connectivity index (χ4v) is 5.80. The van der Waals surface area contributed by atoms with Gasteiger partial charge >= 0.3 is 0 Å². The van der Waals surface area contributed by atoms with Gasteiger partial charge in [-0.15, -0.1) is 0 Å². The molecule has 0 aromatic heterocycles. The molecule has 0 aromatic carbocycles. The van der Waals surface area contributed by atoms with E-state index in [0.29, 0.717) is 10.2 Å². The van der Waals surface area contributed by atoms with Gasteiger partial charge in [0.05, 0.1) is 0 Å². The summed E-state index contributed by atoms with van der Waals surface area (Å²) < 4.78 is 0.443. The van der Waals surface area contributed by atoms with Gasteiger partial charge in [-0.2, -0.15) is 11.8 Å². The van der Waals surface area contributed by atoms with Crippen molar-refractivity contribution in [2.45, 2.75) is 75.2 Å². The first-order valence-corrected chi connectivity index (χ1v) is 7.86. The second kappa shape index (κ2) is 4.89. The minimum atomic E-state index is 0.443. The standard InChI is InChI=1S/C14H27NS/c1-12(2)16-14(11-15)9-13(10-14)7-5-3-4-6-8-13/h12H,3-11,15H2,1-2H3. The van der Waals surface area contributed by atoms with Gasteiger partial charge < -0.3 is 5.73 Å². The minimum absolute atomic E-state index is 0.443. The van der Waals surface area contributed by atoms with Crippen LogP contribution >= 0.6 is 11.8 Å². The van der Waals surface area contributed by atoms with Crippen LogP contribution in [0.1, 0.15) is 65.2 Å². The highest BCUT2D eigenvalue weighted by atomic mass is 32.2. The summed E-state index contributed by atoms with van der Waals surface area (Å²) in [5.41, 5.74) is 6.73. The summed E-state index contributed by atoms with van der Waals surface area (Å²) in [6.45, 7) is 5.50. The normalized spacial score (nSPS) is 27.8. The molecule has 1 nitrogen and oxygen atoms in total. The highest BCUT2D eigenvalue weighted by molar-refractivity contribution is 8.01. The van der Waals surface area contributed by atoms with Crippen LogP contribution in [0, 0.1) is 5.41 Å². The number of hydrogen-bond donors (Lipinski definition) is 1. The number of nitrogens with two attached hydrogens (primary N) is 1. The van der Waals surface area contributed by atoms with Crippen LogP contribution in [-0.4, -0.2) is 16.5 Å². The summed E-state index contributed by atoms with van der Waals surface area (Å²) in [7, 11) is 0. The first-order chi connectivity index (χ1) is 7.60. The largest absolute Gasteiger partial charge is 0.329 e. The van der Waals surface area contributed by atoms with E-state index < -0.39 is 0 Å². The van der Waals surface area contributed by atoms with Gasteiger partial charge in [-0.25, -0.2) is 0 Å². The van der Waals surface area contributed by atoms with Crippen LogP contribution in [0.4, 0.5) is 0 Å². The zero-order valence-electron chi connectivity index (χ0n) is 10.9. The van der Waals surface area contributed by atoms with Crippen molar-refractivity contribution in [2.75, 3.05) is 6.54 Å². The summed E-state index contributed by atoms with van der Waals surface area (Å²) >= 11 is 2.14. The fraction of sp³-hybridized carbons (Fsp3) is 1.00. The SMILES string of the molecule is CC(C)SC1(CN)CC2(CCCCCC2)C1. The predicted molar refractivity (Wildman–Crippen MR) is 73.9 cm³/mol. The fourth-order valence-electron chi connectivity index (χ4n) is 3.92.